The maximum absolute atomic E-state index is 5.88. The SMILES string of the molecule is CN=C(NCc1csc(N(C)C)n1)N(C)CCOc1cc(C)cc(C)c1. The Balaban J connectivity index is 1.81. The third kappa shape index (κ3) is 5.91. The molecule has 0 bridgehead atoms. The van der Waals surface area contributed by atoms with Crippen LogP contribution in [-0.4, -0.2) is 57.2 Å². The Hall–Kier alpha value is -2.28. The van der Waals surface area contributed by atoms with Crippen molar-refractivity contribution in [2.75, 3.05) is 46.2 Å². The predicted molar refractivity (Wildman–Crippen MR) is 111 cm³/mol. The van der Waals surface area contributed by atoms with E-state index in [1.807, 2.05) is 26.0 Å². The Morgan fingerprint density at radius 2 is 1.88 bits per heavy atom. The third-order valence-electron chi connectivity index (χ3n) is 3.81. The number of aryl methyl sites for hydroxylation is 2. The Labute approximate surface area is 160 Å². The second-order valence-electron chi connectivity index (χ2n) is 6.51. The van der Waals surface area contributed by atoms with Gasteiger partial charge >= 0.3 is 0 Å². The lowest BCUT2D eigenvalue weighted by atomic mass is 10.1. The number of aliphatic imine (C=N–C) groups is 1. The molecule has 0 unspecified atom stereocenters. The highest BCUT2D eigenvalue weighted by Crippen LogP contribution is 2.18. The van der Waals surface area contributed by atoms with E-state index in [9.17, 15) is 0 Å². The summed E-state index contributed by atoms with van der Waals surface area (Å²) in [4.78, 5) is 13.0. The summed E-state index contributed by atoms with van der Waals surface area (Å²) in [6.45, 7) is 6.16. The van der Waals surface area contributed by atoms with Crippen molar-refractivity contribution < 1.29 is 4.74 Å². The summed E-state index contributed by atoms with van der Waals surface area (Å²) in [5.41, 5.74) is 3.44. The highest BCUT2D eigenvalue weighted by Gasteiger charge is 2.08. The molecule has 2 rings (SSSR count). The molecule has 1 aromatic heterocycles. The summed E-state index contributed by atoms with van der Waals surface area (Å²) in [5.74, 6) is 1.74. The summed E-state index contributed by atoms with van der Waals surface area (Å²) < 4.78 is 5.88. The van der Waals surface area contributed by atoms with Crippen molar-refractivity contribution in [2.45, 2.75) is 20.4 Å². The molecule has 0 aliphatic carbocycles. The van der Waals surface area contributed by atoms with Crippen molar-refractivity contribution in [3.63, 3.8) is 0 Å². The summed E-state index contributed by atoms with van der Waals surface area (Å²) in [6.07, 6.45) is 0. The first-order chi connectivity index (χ1) is 12.4. The lowest BCUT2D eigenvalue weighted by Crippen LogP contribution is -2.40. The van der Waals surface area contributed by atoms with Gasteiger partial charge in [0.1, 0.15) is 12.4 Å². The molecule has 0 aliphatic rings. The van der Waals surface area contributed by atoms with Crippen LogP contribution < -0.4 is 15.0 Å². The molecule has 0 fully saturated rings. The van der Waals surface area contributed by atoms with Gasteiger partial charge in [0.2, 0.25) is 0 Å². The van der Waals surface area contributed by atoms with Crippen LogP contribution in [0.3, 0.4) is 0 Å². The highest BCUT2D eigenvalue weighted by atomic mass is 32.1. The van der Waals surface area contributed by atoms with Crippen LogP contribution in [0.25, 0.3) is 0 Å². The maximum Gasteiger partial charge on any atom is 0.193 e. The zero-order chi connectivity index (χ0) is 19.1. The molecule has 0 spiro atoms. The van der Waals surface area contributed by atoms with Gasteiger partial charge in [-0.15, -0.1) is 11.3 Å². The third-order valence-corrected chi connectivity index (χ3v) is 4.87. The normalized spacial score (nSPS) is 11.4. The van der Waals surface area contributed by atoms with Crippen LogP contribution >= 0.6 is 11.3 Å². The maximum atomic E-state index is 5.88. The number of nitrogens with zero attached hydrogens (tertiary/aromatic N) is 4. The first-order valence-electron chi connectivity index (χ1n) is 8.63. The summed E-state index contributed by atoms with van der Waals surface area (Å²) in [5, 5.41) is 6.43. The van der Waals surface area contributed by atoms with Crippen molar-refractivity contribution in [2.24, 2.45) is 4.99 Å². The summed E-state index contributed by atoms with van der Waals surface area (Å²) >= 11 is 1.64. The number of nitrogens with one attached hydrogen (secondary N) is 1. The number of likely N-dealkylation sites (N-methyl/N-ethyl adjacent to an activating group) is 1. The Bertz CT molecular complexity index is 721. The van der Waals surface area contributed by atoms with Crippen LogP contribution in [0.15, 0.2) is 28.6 Å². The zero-order valence-electron chi connectivity index (χ0n) is 16.5. The van der Waals surface area contributed by atoms with E-state index < -0.39 is 0 Å². The van der Waals surface area contributed by atoms with E-state index in [1.54, 1.807) is 18.4 Å². The lowest BCUT2D eigenvalue weighted by Gasteiger charge is -2.22. The van der Waals surface area contributed by atoms with Crippen LogP contribution in [-0.2, 0) is 6.54 Å². The minimum Gasteiger partial charge on any atom is -0.492 e. The molecule has 1 aromatic carbocycles. The molecular weight excluding hydrogens is 346 g/mol. The highest BCUT2D eigenvalue weighted by molar-refractivity contribution is 7.13. The van der Waals surface area contributed by atoms with Gasteiger partial charge < -0.3 is 19.9 Å². The van der Waals surface area contributed by atoms with Crippen molar-refractivity contribution in [1.29, 1.82) is 0 Å². The average molecular weight is 376 g/mol. The standard InChI is InChI=1S/C19H29N5OS/c1-14-9-15(2)11-17(10-14)25-8-7-24(6)18(20-3)21-12-16-13-26-19(22-16)23(4)5/h9-11,13H,7-8,12H2,1-6H3,(H,20,21). The van der Waals surface area contributed by atoms with Crippen molar-refractivity contribution in [1.82, 2.24) is 15.2 Å². The molecule has 1 heterocycles. The molecule has 2 aromatic rings. The number of ether oxygens (including phenoxy) is 1. The number of aromatic nitrogens is 1. The molecule has 0 saturated heterocycles. The van der Waals surface area contributed by atoms with Gasteiger partial charge in [0.15, 0.2) is 11.1 Å². The fraction of sp³-hybridized carbons (Fsp3) is 0.474. The van der Waals surface area contributed by atoms with Gasteiger partial charge in [-0.25, -0.2) is 4.98 Å². The largest absolute Gasteiger partial charge is 0.492 e. The number of rotatable bonds is 7. The van der Waals surface area contributed by atoms with E-state index in [0.29, 0.717) is 13.2 Å². The quantitative estimate of drug-likeness (QED) is 0.596. The van der Waals surface area contributed by atoms with E-state index in [2.05, 4.69) is 57.6 Å². The van der Waals surface area contributed by atoms with Crippen LogP contribution in [0, 0.1) is 13.8 Å². The summed E-state index contributed by atoms with van der Waals surface area (Å²) in [6, 6.07) is 6.26. The van der Waals surface area contributed by atoms with E-state index in [0.717, 1.165) is 29.1 Å². The van der Waals surface area contributed by atoms with Gasteiger partial charge in [-0.1, -0.05) is 6.07 Å². The molecule has 0 aliphatic heterocycles. The molecule has 1 N–H and O–H groups in total. The van der Waals surface area contributed by atoms with Crippen molar-refractivity contribution in [3.05, 3.63) is 40.4 Å². The van der Waals surface area contributed by atoms with Crippen molar-refractivity contribution in [3.8, 4) is 5.75 Å². The van der Waals surface area contributed by atoms with Crippen LogP contribution in [0.4, 0.5) is 5.13 Å². The Morgan fingerprint density at radius 3 is 2.46 bits per heavy atom. The fourth-order valence-corrected chi connectivity index (χ4v) is 3.32. The van der Waals surface area contributed by atoms with Gasteiger partial charge in [0.05, 0.1) is 18.8 Å². The van der Waals surface area contributed by atoms with Gasteiger partial charge in [-0.2, -0.15) is 0 Å². The minimum absolute atomic E-state index is 0.599. The lowest BCUT2D eigenvalue weighted by molar-refractivity contribution is 0.281. The van der Waals surface area contributed by atoms with E-state index in [4.69, 9.17) is 4.74 Å². The number of thiazole rings is 1. The van der Waals surface area contributed by atoms with E-state index in [-0.39, 0.29) is 0 Å². The van der Waals surface area contributed by atoms with Crippen LogP contribution in [0.1, 0.15) is 16.8 Å². The minimum atomic E-state index is 0.599. The smallest absolute Gasteiger partial charge is 0.193 e. The molecule has 6 nitrogen and oxygen atoms in total. The second-order valence-corrected chi connectivity index (χ2v) is 7.35. The molecule has 7 heteroatoms. The molecule has 0 saturated carbocycles. The molecule has 0 amide bonds. The molecule has 142 valence electrons. The fourth-order valence-electron chi connectivity index (χ4n) is 2.56. The van der Waals surface area contributed by atoms with Gasteiger partial charge in [0, 0.05) is 33.6 Å². The topological polar surface area (TPSA) is 53.0 Å². The predicted octanol–water partition coefficient (Wildman–Crippen LogP) is 2.91. The zero-order valence-corrected chi connectivity index (χ0v) is 17.4. The second kappa shape index (κ2) is 9.43. The van der Waals surface area contributed by atoms with Crippen LogP contribution in [0.2, 0.25) is 0 Å². The monoisotopic (exact) mass is 375 g/mol. The average Bonchev–Trinajstić information content (AvgIpc) is 3.04. The summed E-state index contributed by atoms with van der Waals surface area (Å²) in [7, 11) is 7.79. The number of hydrogen-bond acceptors (Lipinski definition) is 5. The van der Waals surface area contributed by atoms with Gasteiger partial charge in [0.25, 0.3) is 0 Å². The Morgan fingerprint density at radius 1 is 1.19 bits per heavy atom. The number of hydrogen-bond donors (Lipinski definition) is 1. The molecule has 0 radical (unpaired) electrons. The first-order valence-corrected chi connectivity index (χ1v) is 9.51. The number of benzene rings is 1. The first kappa shape index (κ1) is 20.0. The number of guanidine groups is 1. The number of anilines is 1. The molecular formula is C19H29N5OS. The van der Waals surface area contributed by atoms with E-state index >= 15 is 0 Å². The Kier molecular flexibility index (Phi) is 7.26. The van der Waals surface area contributed by atoms with E-state index in [1.165, 1.54) is 11.1 Å². The van der Waals surface area contributed by atoms with Crippen LogP contribution in [0.5, 0.6) is 5.75 Å². The molecule has 0 atom stereocenters. The molecule has 26 heavy (non-hydrogen) atoms. The van der Waals surface area contributed by atoms with Gasteiger partial charge in [-0.3, -0.25) is 4.99 Å². The van der Waals surface area contributed by atoms with Crippen molar-refractivity contribution >= 4 is 22.4 Å². The van der Waals surface area contributed by atoms with Gasteiger partial charge in [-0.05, 0) is 37.1 Å².